The third-order valence-electron chi connectivity index (χ3n) is 3.12. The van der Waals surface area contributed by atoms with E-state index in [2.05, 4.69) is 24.1 Å². The SMILES string of the molecule is Cc1cccc(NC(=O)[C@H](CC(C)C)n2cccc2)n1. The molecule has 0 unspecified atom stereocenters. The Balaban J connectivity index is 2.14. The van der Waals surface area contributed by atoms with Crippen LogP contribution in [-0.2, 0) is 4.79 Å². The summed E-state index contributed by atoms with van der Waals surface area (Å²) >= 11 is 0. The molecule has 0 aliphatic heterocycles. The Hall–Kier alpha value is -2.10. The molecule has 2 aromatic rings. The van der Waals surface area contributed by atoms with Crippen LogP contribution >= 0.6 is 0 Å². The van der Waals surface area contributed by atoms with Crippen molar-refractivity contribution < 1.29 is 4.79 Å². The highest BCUT2D eigenvalue weighted by molar-refractivity contribution is 5.92. The van der Waals surface area contributed by atoms with Crippen LogP contribution in [0, 0.1) is 12.8 Å². The van der Waals surface area contributed by atoms with Gasteiger partial charge in [-0.15, -0.1) is 0 Å². The molecule has 20 heavy (non-hydrogen) atoms. The highest BCUT2D eigenvalue weighted by Gasteiger charge is 2.21. The largest absolute Gasteiger partial charge is 0.342 e. The van der Waals surface area contributed by atoms with Crippen LogP contribution in [-0.4, -0.2) is 15.5 Å². The molecule has 0 bridgehead atoms. The number of carbonyl (C=O) groups is 1. The number of nitrogens with one attached hydrogen (secondary N) is 1. The van der Waals surface area contributed by atoms with E-state index in [1.54, 1.807) is 0 Å². The van der Waals surface area contributed by atoms with Gasteiger partial charge in [0.2, 0.25) is 5.91 Å². The van der Waals surface area contributed by atoms with E-state index in [0.29, 0.717) is 11.7 Å². The zero-order chi connectivity index (χ0) is 14.5. The van der Waals surface area contributed by atoms with Crippen molar-refractivity contribution in [2.45, 2.75) is 33.2 Å². The first-order valence-corrected chi connectivity index (χ1v) is 6.93. The Bertz CT molecular complexity index is 561. The van der Waals surface area contributed by atoms with Crippen LogP contribution in [0.2, 0.25) is 0 Å². The van der Waals surface area contributed by atoms with Gasteiger partial charge in [-0.25, -0.2) is 4.98 Å². The summed E-state index contributed by atoms with van der Waals surface area (Å²) in [5.74, 6) is 1.03. The molecule has 1 N–H and O–H groups in total. The first-order valence-electron chi connectivity index (χ1n) is 6.93. The molecule has 0 aliphatic carbocycles. The number of aryl methyl sites for hydroxylation is 1. The van der Waals surface area contributed by atoms with Crippen molar-refractivity contribution in [1.82, 2.24) is 9.55 Å². The van der Waals surface area contributed by atoms with Gasteiger partial charge in [0.1, 0.15) is 11.9 Å². The fraction of sp³-hybridized carbons (Fsp3) is 0.375. The van der Waals surface area contributed by atoms with Gasteiger partial charge in [0, 0.05) is 18.1 Å². The molecule has 0 saturated heterocycles. The second kappa shape index (κ2) is 6.37. The van der Waals surface area contributed by atoms with Crippen LogP contribution in [0.3, 0.4) is 0 Å². The maximum absolute atomic E-state index is 12.5. The van der Waals surface area contributed by atoms with Crippen molar-refractivity contribution in [3.8, 4) is 0 Å². The Labute approximate surface area is 119 Å². The summed E-state index contributed by atoms with van der Waals surface area (Å²) in [6.45, 7) is 6.15. The smallest absolute Gasteiger partial charge is 0.248 e. The zero-order valence-corrected chi connectivity index (χ0v) is 12.2. The Morgan fingerprint density at radius 2 is 1.95 bits per heavy atom. The van der Waals surface area contributed by atoms with E-state index in [1.807, 2.05) is 54.2 Å². The first-order chi connectivity index (χ1) is 9.56. The monoisotopic (exact) mass is 271 g/mol. The standard InChI is InChI=1S/C16H21N3O/c1-12(2)11-14(19-9-4-5-10-19)16(20)18-15-8-6-7-13(3)17-15/h4-10,12,14H,11H2,1-3H3,(H,17,18,20)/t14-/m0/s1. The van der Waals surface area contributed by atoms with Gasteiger partial charge in [-0.3, -0.25) is 4.79 Å². The third-order valence-corrected chi connectivity index (χ3v) is 3.12. The third kappa shape index (κ3) is 3.70. The second-order valence-corrected chi connectivity index (χ2v) is 5.43. The molecule has 0 saturated carbocycles. The van der Waals surface area contributed by atoms with Crippen LogP contribution in [0.1, 0.15) is 32.0 Å². The van der Waals surface area contributed by atoms with Gasteiger partial charge in [0.25, 0.3) is 0 Å². The normalized spacial score (nSPS) is 12.4. The van der Waals surface area contributed by atoms with Crippen molar-refractivity contribution in [3.05, 3.63) is 48.4 Å². The van der Waals surface area contributed by atoms with Gasteiger partial charge in [-0.1, -0.05) is 19.9 Å². The van der Waals surface area contributed by atoms with Crippen LogP contribution in [0.5, 0.6) is 0 Å². The minimum absolute atomic E-state index is 0.0204. The first kappa shape index (κ1) is 14.3. The van der Waals surface area contributed by atoms with Gasteiger partial charge >= 0.3 is 0 Å². The average molecular weight is 271 g/mol. The number of aromatic nitrogens is 2. The molecular weight excluding hydrogens is 250 g/mol. The Morgan fingerprint density at radius 3 is 2.55 bits per heavy atom. The lowest BCUT2D eigenvalue weighted by Gasteiger charge is -2.20. The van der Waals surface area contributed by atoms with Gasteiger partial charge in [0.15, 0.2) is 0 Å². The Morgan fingerprint density at radius 1 is 1.25 bits per heavy atom. The summed E-state index contributed by atoms with van der Waals surface area (Å²) in [6.07, 6.45) is 4.65. The van der Waals surface area contributed by atoms with Crippen molar-refractivity contribution >= 4 is 11.7 Å². The average Bonchev–Trinajstić information content (AvgIpc) is 2.89. The fourth-order valence-corrected chi connectivity index (χ4v) is 2.19. The summed E-state index contributed by atoms with van der Waals surface area (Å²) in [5, 5.41) is 2.91. The molecule has 106 valence electrons. The lowest BCUT2D eigenvalue weighted by molar-refractivity contribution is -0.119. The second-order valence-electron chi connectivity index (χ2n) is 5.43. The number of anilines is 1. The summed E-state index contributed by atoms with van der Waals surface area (Å²) in [6, 6.07) is 9.29. The van der Waals surface area contributed by atoms with E-state index in [1.165, 1.54) is 0 Å². The highest BCUT2D eigenvalue weighted by atomic mass is 16.2. The molecule has 0 aromatic carbocycles. The van der Waals surface area contributed by atoms with E-state index in [9.17, 15) is 4.79 Å². The van der Waals surface area contributed by atoms with E-state index >= 15 is 0 Å². The molecule has 4 nitrogen and oxygen atoms in total. The molecular formula is C16H21N3O. The summed E-state index contributed by atoms with van der Waals surface area (Å²) < 4.78 is 1.95. The van der Waals surface area contributed by atoms with Gasteiger partial charge in [-0.2, -0.15) is 0 Å². The molecule has 1 amide bonds. The minimum Gasteiger partial charge on any atom is -0.342 e. The van der Waals surface area contributed by atoms with Crippen molar-refractivity contribution in [2.24, 2.45) is 5.92 Å². The number of nitrogens with zero attached hydrogens (tertiary/aromatic N) is 2. The van der Waals surface area contributed by atoms with Crippen LogP contribution in [0.15, 0.2) is 42.7 Å². The predicted molar refractivity (Wildman–Crippen MR) is 80.5 cm³/mol. The zero-order valence-electron chi connectivity index (χ0n) is 12.2. The number of carbonyl (C=O) groups excluding carboxylic acids is 1. The minimum atomic E-state index is -0.202. The van der Waals surface area contributed by atoms with Gasteiger partial charge in [-0.05, 0) is 43.5 Å². The molecule has 0 spiro atoms. The molecule has 0 radical (unpaired) electrons. The fourth-order valence-electron chi connectivity index (χ4n) is 2.19. The molecule has 1 atom stereocenters. The molecule has 2 aromatic heterocycles. The van der Waals surface area contributed by atoms with Crippen LogP contribution in [0.4, 0.5) is 5.82 Å². The molecule has 0 fully saturated rings. The van der Waals surface area contributed by atoms with Crippen molar-refractivity contribution in [3.63, 3.8) is 0 Å². The Kier molecular flexibility index (Phi) is 4.56. The molecule has 0 aliphatic rings. The van der Waals surface area contributed by atoms with Crippen LogP contribution in [0.25, 0.3) is 0 Å². The van der Waals surface area contributed by atoms with Crippen molar-refractivity contribution in [2.75, 3.05) is 5.32 Å². The van der Waals surface area contributed by atoms with E-state index in [0.717, 1.165) is 12.1 Å². The number of hydrogen-bond acceptors (Lipinski definition) is 2. The number of amides is 1. The number of pyridine rings is 1. The molecule has 2 heterocycles. The summed E-state index contributed by atoms with van der Waals surface area (Å²) in [7, 11) is 0. The van der Waals surface area contributed by atoms with Gasteiger partial charge < -0.3 is 9.88 Å². The quantitative estimate of drug-likeness (QED) is 0.905. The number of hydrogen-bond donors (Lipinski definition) is 1. The van der Waals surface area contributed by atoms with E-state index < -0.39 is 0 Å². The summed E-state index contributed by atoms with van der Waals surface area (Å²) in [4.78, 5) is 16.8. The van der Waals surface area contributed by atoms with E-state index in [-0.39, 0.29) is 11.9 Å². The maximum Gasteiger partial charge on any atom is 0.248 e. The van der Waals surface area contributed by atoms with Gasteiger partial charge in [0.05, 0.1) is 0 Å². The van der Waals surface area contributed by atoms with Crippen LogP contribution < -0.4 is 5.32 Å². The lowest BCUT2D eigenvalue weighted by Crippen LogP contribution is -2.27. The molecule has 2 rings (SSSR count). The summed E-state index contributed by atoms with van der Waals surface area (Å²) in [5.41, 5.74) is 0.893. The topological polar surface area (TPSA) is 46.9 Å². The maximum atomic E-state index is 12.5. The lowest BCUT2D eigenvalue weighted by atomic mass is 10.0. The number of rotatable bonds is 5. The van der Waals surface area contributed by atoms with E-state index in [4.69, 9.17) is 0 Å². The molecule has 4 heteroatoms. The van der Waals surface area contributed by atoms with Crippen molar-refractivity contribution in [1.29, 1.82) is 0 Å². The predicted octanol–water partition coefficient (Wildman–Crippen LogP) is 3.42. The highest BCUT2D eigenvalue weighted by Crippen LogP contribution is 2.20.